The van der Waals surface area contributed by atoms with Gasteiger partial charge in [-0.1, -0.05) is 29.8 Å². The van der Waals surface area contributed by atoms with E-state index in [1.165, 1.54) is 13.3 Å². The number of hydrogen-bond acceptors (Lipinski definition) is 7. The molecule has 0 aromatic heterocycles. The zero-order valence-corrected chi connectivity index (χ0v) is 24.3. The van der Waals surface area contributed by atoms with Crippen molar-refractivity contribution >= 4 is 63.8 Å². The molecule has 0 aliphatic rings. The molecule has 0 bridgehead atoms. The first kappa shape index (κ1) is 29.7. The standard InChI is InChI=1S/C27H26ClIN4O6/c1-16-4-7-19(12-21(16)28)32-24(34)15-39-25-22(29)10-18(11-23(25)38-3)14-31-33-27(36)26(35)30-13-17-5-8-20(37-2)9-6-17/h4-12,14H,13,15H2,1-3H3,(H,30,35)(H,32,34)(H,33,36)/b31-14-. The van der Waals surface area contributed by atoms with Crippen LogP contribution in [0.15, 0.2) is 59.7 Å². The Morgan fingerprint density at radius 1 is 1.00 bits per heavy atom. The molecule has 0 saturated heterocycles. The lowest BCUT2D eigenvalue weighted by atomic mass is 10.2. The molecule has 0 fully saturated rings. The summed E-state index contributed by atoms with van der Waals surface area (Å²) in [6.45, 7) is 1.79. The Hall–Kier alpha value is -3.84. The third-order valence-corrected chi connectivity index (χ3v) is 6.46. The molecule has 0 aliphatic carbocycles. The Balaban J connectivity index is 1.53. The van der Waals surface area contributed by atoms with E-state index in [1.807, 2.05) is 35.6 Å². The molecular formula is C27H26ClIN4O6. The highest BCUT2D eigenvalue weighted by Crippen LogP contribution is 2.33. The van der Waals surface area contributed by atoms with E-state index in [9.17, 15) is 14.4 Å². The number of benzene rings is 3. The summed E-state index contributed by atoms with van der Waals surface area (Å²) in [7, 11) is 3.02. The maximum absolute atomic E-state index is 12.4. The normalized spacial score (nSPS) is 10.6. The fourth-order valence-electron chi connectivity index (χ4n) is 3.18. The summed E-state index contributed by atoms with van der Waals surface area (Å²) in [5, 5.41) is 9.64. The van der Waals surface area contributed by atoms with Gasteiger partial charge in [0.05, 0.1) is 24.0 Å². The quantitative estimate of drug-likeness (QED) is 0.130. The largest absolute Gasteiger partial charge is 0.497 e. The summed E-state index contributed by atoms with van der Waals surface area (Å²) in [5.74, 6) is -0.691. The van der Waals surface area contributed by atoms with Gasteiger partial charge >= 0.3 is 11.8 Å². The number of anilines is 1. The van der Waals surface area contributed by atoms with E-state index >= 15 is 0 Å². The minimum atomic E-state index is -0.915. The van der Waals surface area contributed by atoms with Gasteiger partial charge in [-0.3, -0.25) is 14.4 Å². The summed E-state index contributed by atoms with van der Waals surface area (Å²) in [6, 6.07) is 15.6. The molecule has 0 atom stereocenters. The lowest BCUT2D eigenvalue weighted by Crippen LogP contribution is -2.37. The molecule has 0 radical (unpaired) electrons. The van der Waals surface area contributed by atoms with Crippen LogP contribution in [-0.4, -0.2) is 44.8 Å². The summed E-state index contributed by atoms with van der Waals surface area (Å²) in [6.07, 6.45) is 1.36. The lowest BCUT2D eigenvalue weighted by Gasteiger charge is -2.14. The van der Waals surface area contributed by atoms with Crippen molar-refractivity contribution in [1.29, 1.82) is 0 Å². The molecule has 0 aliphatic heterocycles. The van der Waals surface area contributed by atoms with Gasteiger partial charge in [0.2, 0.25) is 0 Å². The summed E-state index contributed by atoms with van der Waals surface area (Å²) >= 11 is 8.14. The molecule has 10 nitrogen and oxygen atoms in total. The second kappa shape index (κ2) is 14.4. The van der Waals surface area contributed by atoms with Crippen LogP contribution in [0.25, 0.3) is 0 Å². The number of aryl methyl sites for hydroxylation is 1. The number of halogens is 2. The fraction of sp³-hybridized carbons (Fsp3) is 0.185. The van der Waals surface area contributed by atoms with Gasteiger partial charge in [-0.2, -0.15) is 5.10 Å². The van der Waals surface area contributed by atoms with Gasteiger partial charge in [0.15, 0.2) is 18.1 Å². The van der Waals surface area contributed by atoms with Crippen molar-refractivity contribution in [3.63, 3.8) is 0 Å². The monoisotopic (exact) mass is 664 g/mol. The summed E-state index contributed by atoms with van der Waals surface area (Å²) in [4.78, 5) is 36.5. The molecule has 12 heteroatoms. The molecular weight excluding hydrogens is 639 g/mol. The van der Waals surface area contributed by atoms with Crippen LogP contribution < -0.4 is 30.3 Å². The van der Waals surface area contributed by atoms with E-state index in [-0.39, 0.29) is 19.1 Å². The van der Waals surface area contributed by atoms with Gasteiger partial charge in [-0.25, -0.2) is 5.43 Å². The highest BCUT2D eigenvalue weighted by Gasteiger charge is 2.15. The van der Waals surface area contributed by atoms with E-state index in [0.717, 1.165) is 11.1 Å². The Bertz CT molecular complexity index is 1380. The van der Waals surface area contributed by atoms with E-state index < -0.39 is 11.8 Å². The number of methoxy groups -OCH3 is 2. The van der Waals surface area contributed by atoms with Crippen LogP contribution in [0, 0.1) is 10.5 Å². The third-order valence-electron chi connectivity index (χ3n) is 5.25. The molecule has 3 N–H and O–H groups in total. The number of nitrogens with one attached hydrogen (secondary N) is 3. The van der Waals surface area contributed by atoms with Crippen molar-refractivity contribution in [2.24, 2.45) is 5.10 Å². The summed E-state index contributed by atoms with van der Waals surface area (Å²) in [5.41, 5.74) is 5.03. The smallest absolute Gasteiger partial charge is 0.329 e. The van der Waals surface area contributed by atoms with Crippen LogP contribution in [0.2, 0.25) is 5.02 Å². The molecule has 0 unspecified atom stereocenters. The van der Waals surface area contributed by atoms with E-state index in [1.54, 1.807) is 55.6 Å². The average molecular weight is 665 g/mol. The van der Waals surface area contributed by atoms with Gasteiger partial charge in [0, 0.05) is 17.3 Å². The number of nitrogens with zero attached hydrogens (tertiary/aromatic N) is 1. The first-order valence-electron chi connectivity index (χ1n) is 11.5. The minimum absolute atomic E-state index is 0.174. The Morgan fingerprint density at radius 2 is 1.74 bits per heavy atom. The number of amides is 3. The van der Waals surface area contributed by atoms with Crippen LogP contribution in [0.3, 0.4) is 0 Å². The molecule has 3 rings (SSSR count). The number of carbonyl (C=O) groups is 3. The van der Waals surface area contributed by atoms with Gasteiger partial charge in [0.25, 0.3) is 5.91 Å². The van der Waals surface area contributed by atoms with Crippen LogP contribution in [0.1, 0.15) is 16.7 Å². The van der Waals surface area contributed by atoms with Crippen molar-refractivity contribution < 1.29 is 28.6 Å². The van der Waals surface area contributed by atoms with Crippen molar-refractivity contribution in [1.82, 2.24) is 10.7 Å². The molecule has 0 heterocycles. The lowest BCUT2D eigenvalue weighted by molar-refractivity contribution is -0.139. The van der Waals surface area contributed by atoms with Crippen molar-refractivity contribution in [3.05, 3.63) is 79.9 Å². The first-order valence-corrected chi connectivity index (χ1v) is 13.0. The second-order valence-corrected chi connectivity index (χ2v) is 9.63. The zero-order valence-electron chi connectivity index (χ0n) is 21.3. The number of carbonyl (C=O) groups excluding carboxylic acids is 3. The number of ether oxygens (including phenoxy) is 3. The Labute approximate surface area is 244 Å². The first-order chi connectivity index (χ1) is 18.7. The second-order valence-electron chi connectivity index (χ2n) is 8.06. The Morgan fingerprint density at radius 3 is 2.41 bits per heavy atom. The molecule has 3 aromatic carbocycles. The maximum Gasteiger partial charge on any atom is 0.329 e. The van der Waals surface area contributed by atoms with Crippen LogP contribution in [0.5, 0.6) is 17.2 Å². The van der Waals surface area contributed by atoms with Crippen molar-refractivity contribution in [2.45, 2.75) is 13.5 Å². The summed E-state index contributed by atoms with van der Waals surface area (Å²) < 4.78 is 16.8. The highest BCUT2D eigenvalue weighted by molar-refractivity contribution is 14.1. The van der Waals surface area contributed by atoms with Crippen LogP contribution >= 0.6 is 34.2 Å². The number of hydrogen-bond donors (Lipinski definition) is 3. The van der Waals surface area contributed by atoms with Crippen LogP contribution in [-0.2, 0) is 20.9 Å². The van der Waals surface area contributed by atoms with Crippen LogP contribution in [0.4, 0.5) is 5.69 Å². The molecule has 204 valence electrons. The molecule has 0 spiro atoms. The predicted molar refractivity (Wildman–Crippen MR) is 157 cm³/mol. The van der Waals surface area contributed by atoms with Crippen molar-refractivity contribution in [3.8, 4) is 17.2 Å². The van der Waals surface area contributed by atoms with Gasteiger partial charge in [0.1, 0.15) is 5.75 Å². The topological polar surface area (TPSA) is 127 Å². The van der Waals surface area contributed by atoms with E-state index in [4.69, 9.17) is 25.8 Å². The van der Waals surface area contributed by atoms with Gasteiger partial charge in [-0.05, 0) is 82.6 Å². The minimum Gasteiger partial charge on any atom is -0.497 e. The number of rotatable bonds is 10. The van der Waals surface area contributed by atoms with Gasteiger partial charge < -0.3 is 24.8 Å². The third kappa shape index (κ3) is 8.86. The van der Waals surface area contributed by atoms with Gasteiger partial charge in [-0.15, -0.1) is 0 Å². The molecule has 3 amide bonds. The molecule has 3 aromatic rings. The maximum atomic E-state index is 12.4. The molecule has 39 heavy (non-hydrogen) atoms. The van der Waals surface area contributed by atoms with E-state index in [2.05, 4.69) is 21.2 Å². The van der Waals surface area contributed by atoms with Crippen molar-refractivity contribution in [2.75, 3.05) is 26.1 Å². The highest BCUT2D eigenvalue weighted by atomic mass is 127. The zero-order chi connectivity index (χ0) is 28.4. The fourth-order valence-corrected chi connectivity index (χ4v) is 4.14. The number of hydrazone groups is 1. The molecule has 0 saturated carbocycles. The average Bonchev–Trinajstić information content (AvgIpc) is 2.93. The predicted octanol–water partition coefficient (Wildman–Crippen LogP) is 4.05. The SMILES string of the molecule is COc1ccc(CNC(=O)C(=O)N/N=C\c2cc(I)c(OCC(=O)Nc3ccc(C)c(Cl)c3)c(OC)c2)cc1. The van der Waals surface area contributed by atoms with E-state index in [0.29, 0.717) is 37.1 Å². The Kier molecular flexibility index (Phi) is 10.9.